The molecule has 0 radical (unpaired) electrons. The molecule has 0 aliphatic heterocycles. The van der Waals surface area contributed by atoms with Crippen molar-refractivity contribution in [1.29, 1.82) is 0 Å². The first-order valence-corrected chi connectivity index (χ1v) is 10.7. The summed E-state index contributed by atoms with van der Waals surface area (Å²) in [4.78, 5) is 43.0. The molecule has 0 amide bonds. The van der Waals surface area contributed by atoms with E-state index in [1.165, 1.54) is 20.0 Å². The summed E-state index contributed by atoms with van der Waals surface area (Å²) < 4.78 is 9.17. The quantitative estimate of drug-likeness (QED) is 0.517. The molecule has 0 bridgehead atoms. The van der Waals surface area contributed by atoms with Gasteiger partial charge in [-0.2, -0.15) is 0 Å². The van der Waals surface area contributed by atoms with E-state index >= 15 is 0 Å². The molecule has 0 spiro atoms. The zero-order valence-electron chi connectivity index (χ0n) is 18.8. The molecule has 8 nitrogen and oxygen atoms in total. The molecule has 3 rings (SSSR count). The van der Waals surface area contributed by atoms with Crippen molar-refractivity contribution in [1.82, 2.24) is 18.7 Å². The van der Waals surface area contributed by atoms with E-state index in [9.17, 15) is 14.4 Å². The van der Waals surface area contributed by atoms with Crippen molar-refractivity contribution in [3.8, 4) is 5.69 Å². The molecule has 0 fully saturated rings. The number of hydrogen-bond acceptors (Lipinski definition) is 5. The first-order chi connectivity index (χ1) is 14.7. The van der Waals surface area contributed by atoms with Crippen LogP contribution in [0.3, 0.4) is 0 Å². The number of fused-ring (bicyclic) bond motifs is 1. The second kappa shape index (κ2) is 9.32. The summed E-state index contributed by atoms with van der Waals surface area (Å²) in [5.74, 6) is 0.216. The Morgan fingerprint density at radius 1 is 1.10 bits per heavy atom. The molecule has 166 valence electrons. The molecule has 0 saturated heterocycles. The molecule has 31 heavy (non-hydrogen) atoms. The average Bonchev–Trinajstić information content (AvgIpc) is 3.11. The van der Waals surface area contributed by atoms with Gasteiger partial charge in [-0.25, -0.2) is 14.3 Å². The number of ether oxygens (including phenoxy) is 1. The molecule has 3 aromatic rings. The highest BCUT2D eigenvalue weighted by molar-refractivity contribution is 5.76. The van der Waals surface area contributed by atoms with Crippen molar-refractivity contribution in [2.45, 2.75) is 60.0 Å². The van der Waals surface area contributed by atoms with Gasteiger partial charge in [-0.3, -0.25) is 14.2 Å². The summed E-state index contributed by atoms with van der Waals surface area (Å²) >= 11 is 0. The maximum Gasteiger partial charge on any atom is 0.337 e. The van der Waals surface area contributed by atoms with Gasteiger partial charge in [-0.1, -0.05) is 39.8 Å². The SMILES string of the molecule is CCOC(=O)Cn1cnc2c1c(=O)n(CCC(C)C)c(=O)n2-c1ccc(C(C)C)cc1. The topological polar surface area (TPSA) is 88.1 Å². The first-order valence-electron chi connectivity index (χ1n) is 10.7. The lowest BCUT2D eigenvalue weighted by Crippen LogP contribution is -2.40. The molecule has 1 aromatic carbocycles. The van der Waals surface area contributed by atoms with Crippen LogP contribution in [0.5, 0.6) is 0 Å². The maximum absolute atomic E-state index is 13.4. The number of nitrogens with zero attached hydrogens (tertiary/aromatic N) is 4. The normalized spacial score (nSPS) is 11.6. The van der Waals surface area contributed by atoms with E-state index in [1.54, 1.807) is 6.92 Å². The standard InChI is InChI=1S/C23H30N4O4/c1-6-31-19(28)13-25-14-24-21-20(25)22(29)26(12-11-15(2)3)23(30)27(21)18-9-7-17(8-10-18)16(4)5/h7-10,14-16H,6,11-13H2,1-5H3. The van der Waals surface area contributed by atoms with Gasteiger partial charge in [-0.15, -0.1) is 0 Å². The van der Waals surface area contributed by atoms with E-state index in [-0.39, 0.29) is 24.3 Å². The van der Waals surface area contributed by atoms with Gasteiger partial charge in [0.15, 0.2) is 11.2 Å². The summed E-state index contributed by atoms with van der Waals surface area (Å²) in [7, 11) is 0. The Kier molecular flexibility index (Phi) is 6.77. The molecule has 0 N–H and O–H groups in total. The zero-order valence-corrected chi connectivity index (χ0v) is 18.8. The van der Waals surface area contributed by atoms with E-state index < -0.39 is 17.2 Å². The van der Waals surface area contributed by atoms with Gasteiger partial charge in [0.1, 0.15) is 6.54 Å². The largest absolute Gasteiger partial charge is 0.465 e. The van der Waals surface area contributed by atoms with E-state index in [2.05, 4.69) is 18.8 Å². The second-order valence-corrected chi connectivity index (χ2v) is 8.35. The Morgan fingerprint density at radius 3 is 2.35 bits per heavy atom. The third kappa shape index (κ3) is 4.62. The van der Waals surface area contributed by atoms with Gasteiger partial charge in [0, 0.05) is 6.54 Å². The summed E-state index contributed by atoms with van der Waals surface area (Å²) in [5.41, 5.74) is 1.34. The van der Waals surface area contributed by atoms with Crippen LogP contribution in [0.4, 0.5) is 0 Å². The van der Waals surface area contributed by atoms with E-state index in [1.807, 2.05) is 38.1 Å². The minimum absolute atomic E-state index is 0.145. The Morgan fingerprint density at radius 2 is 1.77 bits per heavy atom. The van der Waals surface area contributed by atoms with Gasteiger partial charge >= 0.3 is 11.7 Å². The van der Waals surface area contributed by atoms with Crippen LogP contribution in [0.1, 0.15) is 52.5 Å². The number of carbonyl (C=O) groups is 1. The molecule has 2 aromatic heterocycles. The van der Waals surface area contributed by atoms with Gasteiger partial charge < -0.3 is 9.30 Å². The van der Waals surface area contributed by atoms with Crippen LogP contribution in [0.15, 0.2) is 40.2 Å². The minimum atomic E-state index is -0.464. The van der Waals surface area contributed by atoms with Crippen LogP contribution >= 0.6 is 0 Å². The summed E-state index contributed by atoms with van der Waals surface area (Å²) in [5, 5.41) is 0. The number of benzene rings is 1. The van der Waals surface area contributed by atoms with Crippen LogP contribution in [-0.4, -0.2) is 31.3 Å². The predicted molar refractivity (Wildman–Crippen MR) is 120 cm³/mol. The monoisotopic (exact) mass is 426 g/mol. The highest BCUT2D eigenvalue weighted by atomic mass is 16.5. The Hall–Kier alpha value is -3.16. The van der Waals surface area contributed by atoms with Crippen molar-refractivity contribution >= 4 is 17.1 Å². The molecule has 0 aliphatic carbocycles. The van der Waals surface area contributed by atoms with Crippen molar-refractivity contribution in [3.05, 3.63) is 57.0 Å². The van der Waals surface area contributed by atoms with Crippen LogP contribution in [-0.2, 0) is 22.6 Å². The predicted octanol–water partition coefficient (Wildman–Crippen LogP) is 3.08. The van der Waals surface area contributed by atoms with Gasteiger partial charge in [0.05, 0.1) is 18.6 Å². The second-order valence-electron chi connectivity index (χ2n) is 8.35. The van der Waals surface area contributed by atoms with Crippen molar-refractivity contribution in [3.63, 3.8) is 0 Å². The first kappa shape index (κ1) is 22.5. The lowest BCUT2D eigenvalue weighted by Gasteiger charge is -2.14. The minimum Gasteiger partial charge on any atom is -0.465 e. The summed E-state index contributed by atoms with van der Waals surface area (Å²) in [6, 6.07) is 7.66. The van der Waals surface area contributed by atoms with Gasteiger partial charge in [0.25, 0.3) is 5.56 Å². The zero-order chi connectivity index (χ0) is 22.7. The lowest BCUT2D eigenvalue weighted by atomic mass is 10.0. The number of imidazole rings is 1. The molecule has 0 atom stereocenters. The molecule has 0 saturated carbocycles. The number of esters is 1. The summed E-state index contributed by atoms with van der Waals surface area (Å²) in [6.07, 6.45) is 2.09. The van der Waals surface area contributed by atoms with E-state index in [4.69, 9.17) is 4.74 Å². The van der Waals surface area contributed by atoms with Crippen molar-refractivity contribution < 1.29 is 9.53 Å². The molecule has 0 unspecified atom stereocenters. The Labute approximate surface area is 181 Å². The smallest absolute Gasteiger partial charge is 0.337 e. The van der Waals surface area contributed by atoms with Gasteiger partial charge in [-0.05, 0) is 42.9 Å². The number of rotatable bonds is 8. The fourth-order valence-corrected chi connectivity index (χ4v) is 3.47. The van der Waals surface area contributed by atoms with E-state index in [0.717, 1.165) is 5.56 Å². The van der Waals surface area contributed by atoms with Crippen molar-refractivity contribution in [2.24, 2.45) is 5.92 Å². The van der Waals surface area contributed by atoms with Crippen LogP contribution < -0.4 is 11.2 Å². The Bertz CT molecular complexity index is 1180. The van der Waals surface area contributed by atoms with Gasteiger partial charge in [0.2, 0.25) is 0 Å². The molecule has 2 heterocycles. The van der Waals surface area contributed by atoms with Crippen molar-refractivity contribution in [2.75, 3.05) is 6.61 Å². The third-order valence-electron chi connectivity index (χ3n) is 5.25. The third-order valence-corrected chi connectivity index (χ3v) is 5.25. The fraction of sp³-hybridized carbons (Fsp3) is 0.478. The summed E-state index contributed by atoms with van der Waals surface area (Å²) in [6.45, 7) is 10.4. The number of aromatic nitrogens is 4. The molecule has 8 heteroatoms. The lowest BCUT2D eigenvalue weighted by molar-refractivity contribution is -0.143. The highest BCUT2D eigenvalue weighted by Crippen LogP contribution is 2.18. The van der Waals surface area contributed by atoms with Crippen LogP contribution in [0, 0.1) is 5.92 Å². The number of hydrogen-bond donors (Lipinski definition) is 0. The molecular weight excluding hydrogens is 396 g/mol. The molecule has 0 aliphatic rings. The highest BCUT2D eigenvalue weighted by Gasteiger charge is 2.20. The average molecular weight is 427 g/mol. The van der Waals surface area contributed by atoms with Crippen LogP contribution in [0.25, 0.3) is 16.9 Å². The molecular formula is C23H30N4O4. The fourth-order valence-electron chi connectivity index (χ4n) is 3.47. The maximum atomic E-state index is 13.4. The Balaban J connectivity index is 2.24. The number of carbonyl (C=O) groups excluding carboxylic acids is 1. The van der Waals surface area contributed by atoms with E-state index in [0.29, 0.717) is 30.5 Å². The van der Waals surface area contributed by atoms with Crippen LogP contribution in [0.2, 0.25) is 0 Å².